The van der Waals surface area contributed by atoms with Crippen molar-refractivity contribution in [2.45, 2.75) is 25.0 Å². The van der Waals surface area contributed by atoms with Crippen LogP contribution in [0, 0.1) is 0 Å². The first kappa shape index (κ1) is 13.2. The van der Waals surface area contributed by atoms with Crippen molar-refractivity contribution >= 4 is 43.5 Å². The minimum absolute atomic E-state index is 0.165. The van der Waals surface area contributed by atoms with Crippen LogP contribution in [0.4, 0.5) is 17.1 Å². The van der Waals surface area contributed by atoms with E-state index in [1.807, 2.05) is 6.07 Å². The normalized spacial score (nSPS) is 23.2. The summed E-state index contributed by atoms with van der Waals surface area (Å²) in [6, 6.07) is 5.39. The quantitative estimate of drug-likeness (QED) is 0.829. The fourth-order valence-electron chi connectivity index (χ4n) is 2.13. The number of carboxylic acids is 1. The van der Waals surface area contributed by atoms with E-state index < -0.39 is 18.2 Å². The van der Waals surface area contributed by atoms with Gasteiger partial charge in [-0.25, -0.2) is 0 Å². The van der Waals surface area contributed by atoms with Crippen molar-refractivity contribution in [2.24, 2.45) is 7.92 Å². The first-order valence-corrected chi connectivity index (χ1v) is 7.59. The molecule has 2 aliphatic heterocycles. The van der Waals surface area contributed by atoms with Gasteiger partial charge in [0.25, 0.3) is 0 Å². The number of hydrogen-bond acceptors (Lipinski definition) is 5. The van der Waals surface area contributed by atoms with Crippen LogP contribution in [0.3, 0.4) is 0 Å². The number of nitrogens with one attached hydrogen (secondary N) is 1. The second-order valence-electron chi connectivity index (χ2n) is 4.46. The molecule has 2 N–H and O–H groups in total. The van der Waals surface area contributed by atoms with Gasteiger partial charge in [0.15, 0.2) is 0 Å². The molecule has 1 aromatic carbocycles. The number of hydrogen-bond donors (Lipinski definition) is 2. The van der Waals surface area contributed by atoms with Crippen molar-refractivity contribution in [1.29, 1.82) is 0 Å². The van der Waals surface area contributed by atoms with Gasteiger partial charge in [-0.15, -0.1) is 0 Å². The van der Waals surface area contributed by atoms with Crippen molar-refractivity contribution < 1.29 is 19.4 Å². The van der Waals surface area contributed by atoms with Gasteiger partial charge in [-0.2, -0.15) is 0 Å². The standard InChI is InChI=1S/C12H11N3O4Se/c16-11(8-4-5-9(19-8)12(17)18)13-6-2-1-3-7-10(6)15-20-14-7/h1-3,8-9H,4-5H2,(H,13,16)(H,17,18). The number of benzene rings is 1. The van der Waals surface area contributed by atoms with Crippen LogP contribution in [0.5, 0.6) is 0 Å². The molecule has 3 rings (SSSR count). The van der Waals surface area contributed by atoms with Crippen molar-refractivity contribution in [3.63, 3.8) is 0 Å². The molecule has 1 fully saturated rings. The summed E-state index contributed by atoms with van der Waals surface area (Å²) in [7, 11) is 0. The molecule has 2 unspecified atom stereocenters. The molecule has 2 heterocycles. The van der Waals surface area contributed by atoms with Gasteiger partial charge >= 0.3 is 119 Å². The topological polar surface area (TPSA) is 100 Å². The molecule has 104 valence electrons. The fourth-order valence-corrected chi connectivity index (χ4v) is 3.29. The van der Waals surface area contributed by atoms with Crippen LogP contribution >= 0.6 is 0 Å². The van der Waals surface area contributed by atoms with Crippen LogP contribution in [0.2, 0.25) is 0 Å². The number of fused-ring (bicyclic) bond motifs is 1. The zero-order valence-corrected chi connectivity index (χ0v) is 12.0. The molecule has 1 saturated heterocycles. The average molecular weight is 340 g/mol. The molecule has 8 heteroatoms. The van der Waals surface area contributed by atoms with Crippen molar-refractivity contribution in [3.8, 4) is 0 Å². The first-order valence-electron chi connectivity index (χ1n) is 6.05. The average Bonchev–Trinajstić information content (AvgIpc) is 3.08. The summed E-state index contributed by atoms with van der Waals surface area (Å²) in [5.41, 5.74) is 2.06. The molecule has 0 spiro atoms. The van der Waals surface area contributed by atoms with E-state index in [0.717, 1.165) is 5.69 Å². The number of aliphatic carboxylic acids is 1. The summed E-state index contributed by atoms with van der Waals surface area (Å²) >= 11 is -0.165. The molecule has 0 radical (unpaired) electrons. The molecule has 20 heavy (non-hydrogen) atoms. The minimum atomic E-state index is -1.03. The van der Waals surface area contributed by atoms with Gasteiger partial charge in [-0.3, -0.25) is 0 Å². The Morgan fingerprint density at radius 3 is 2.85 bits per heavy atom. The number of amides is 1. The van der Waals surface area contributed by atoms with Gasteiger partial charge in [-0.05, 0) is 0 Å². The van der Waals surface area contributed by atoms with E-state index in [1.165, 1.54) is 0 Å². The van der Waals surface area contributed by atoms with Crippen molar-refractivity contribution in [2.75, 3.05) is 5.32 Å². The summed E-state index contributed by atoms with van der Waals surface area (Å²) in [5, 5.41) is 11.6. The Hall–Kier alpha value is -1.76. The van der Waals surface area contributed by atoms with E-state index in [9.17, 15) is 9.59 Å². The van der Waals surface area contributed by atoms with Crippen LogP contribution in [0.1, 0.15) is 12.8 Å². The van der Waals surface area contributed by atoms with E-state index in [2.05, 4.69) is 13.2 Å². The monoisotopic (exact) mass is 341 g/mol. The molecule has 2 aliphatic rings. The van der Waals surface area contributed by atoms with Crippen LogP contribution in [0.15, 0.2) is 26.1 Å². The Bertz CT molecular complexity index is 654. The van der Waals surface area contributed by atoms with Crippen LogP contribution in [-0.2, 0) is 14.3 Å². The number of rotatable bonds is 3. The SMILES string of the molecule is O=C(O)C1CCC(C(=O)Nc2cccc3c2N=[Se]=N3)O1. The second kappa shape index (κ2) is 5.32. The third-order valence-electron chi connectivity index (χ3n) is 3.13. The van der Waals surface area contributed by atoms with Gasteiger partial charge in [0.1, 0.15) is 0 Å². The molecule has 0 aliphatic carbocycles. The van der Waals surface area contributed by atoms with E-state index in [-0.39, 0.29) is 20.5 Å². The van der Waals surface area contributed by atoms with Crippen molar-refractivity contribution in [3.05, 3.63) is 18.2 Å². The molecule has 2 atom stereocenters. The Kier molecular flexibility index (Phi) is 3.52. The third-order valence-corrected chi connectivity index (χ3v) is 4.27. The van der Waals surface area contributed by atoms with Crippen molar-refractivity contribution in [1.82, 2.24) is 0 Å². The number of carbonyl (C=O) groups excluding carboxylic acids is 1. The Labute approximate surface area is 120 Å². The van der Waals surface area contributed by atoms with Gasteiger partial charge in [0.2, 0.25) is 0 Å². The molecule has 1 amide bonds. The fraction of sp³-hybridized carbons (Fsp3) is 0.333. The summed E-state index contributed by atoms with van der Waals surface area (Å²) in [6.45, 7) is 0. The van der Waals surface area contributed by atoms with E-state index >= 15 is 0 Å². The Morgan fingerprint density at radius 2 is 2.10 bits per heavy atom. The van der Waals surface area contributed by atoms with Gasteiger partial charge in [-0.1, -0.05) is 0 Å². The Morgan fingerprint density at radius 1 is 1.30 bits per heavy atom. The van der Waals surface area contributed by atoms with E-state index in [4.69, 9.17) is 9.84 Å². The maximum absolute atomic E-state index is 12.1. The molecule has 0 bridgehead atoms. The molecule has 1 aromatic rings. The predicted octanol–water partition coefficient (Wildman–Crippen LogP) is 1.61. The van der Waals surface area contributed by atoms with Gasteiger partial charge in [0, 0.05) is 0 Å². The van der Waals surface area contributed by atoms with Crippen LogP contribution < -0.4 is 5.32 Å². The molecular formula is C12H11N3O4Se. The van der Waals surface area contributed by atoms with Crippen LogP contribution in [-0.4, -0.2) is 43.8 Å². The predicted molar refractivity (Wildman–Crippen MR) is 70.5 cm³/mol. The number of carbonyl (C=O) groups is 2. The number of nitrogens with zero attached hydrogens (tertiary/aromatic N) is 2. The zero-order valence-electron chi connectivity index (χ0n) is 10.3. The molecule has 0 saturated carbocycles. The Balaban J connectivity index is 1.70. The summed E-state index contributed by atoms with van der Waals surface area (Å²) in [6.07, 6.45) is -0.863. The summed E-state index contributed by atoms with van der Waals surface area (Å²) in [4.78, 5) is 22.9. The van der Waals surface area contributed by atoms with E-state index in [1.54, 1.807) is 12.1 Å². The van der Waals surface area contributed by atoms with E-state index in [0.29, 0.717) is 24.2 Å². The molecule has 7 nitrogen and oxygen atoms in total. The van der Waals surface area contributed by atoms with Crippen LogP contribution in [0.25, 0.3) is 0 Å². The zero-order chi connectivity index (χ0) is 14.1. The third kappa shape index (κ3) is 2.45. The van der Waals surface area contributed by atoms with Gasteiger partial charge < -0.3 is 0 Å². The molecule has 0 aromatic heterocycles. The first-order chi connectivity index (χ1) is 9.65. The summed E-state index contributed by atoms with van der Waals surface area (Å²) < 4.78 is 13.7. The molecular weight excluding hydrogens is 329 g/mol. The number of carboxylic acid groups (broad SMARTS) is 1. The number of anilines is 1. The number of ether oxygens (including phenoxy) is 1. The second-order valence-corrected chi connectivity index (χ2v) is 5.56. The maximum atomic E-state index is 12.1. The van der Waals surface area contributed by atoms with Gasteiger partial charge in [0.05, 0.1) is 0 Å². The summed E-state index contributed by atoms with van der Waals surface area (Å²) in [5.74, 6) is -1.37.